The normalized spacial score (nSPS) is 24.1. The lowest BCUT2D eigenvalue weighted by molar-refractivity contribution is -0.214. The molecule has 0 radical (unpaired) electrons. The van der Waals surface area contributed by atoms with Gasteiger partial charge in [0.1, 0.15) is 6.10 Å². The van der Waals surface area contributed by atoms with E-state index in [-0.39, 0.29) is 6.10 Å². The van der Waals surface area contributed by atoms with Crippen LogP contribution in [0.5, 0.6) is 0 Å². The predicted molar refractivity (Wildman–Crippen MR) is 89.1 cm³/mol. The summed E-state index contributed by atoms with van der Waals surface area (Å²) in [7, 11) is -2.57. The van der Waals surface area contributed by atoms with Gasteiger partial charge >= 0.3 is 5.97 Å². The fourth-order valence-corrected chi connectivity index (χ4v) is 3.95. The molecule has 1 saturated heterocycles. The van der Waals surface area contributed by atoms with Gasteiger partial charge in [-0.05, 0) is 31.7 Å². The first-order valence-corrected chi connectivity index (χ1v) is 9.91. The lowest BCUT2D eigenvalue weighted by atomic mass is 10.1. The second-order valence-corrected chi connectivity index (χ2v) is 8.21. The summed E-state index contributed by atoms with van der Waals surface area (Å²) in [5.41, 5.74) is 0.597. The fraction of sp³-hybridized carbons (Fsp3) is 0.588. The van der Waals surface area contributed by atoms with Gasteiger partial charge in [-0.25, -0.2) is 8.42 Å². The molecular formula is C17H24O6S. The number of hydrogen-bond acceptors (Lipinski definition) is 6. The second-order valence-electron chi connectivity index (χ2n) is 6.05. The van der Waals surface area contributed by atoms with Gasteiger partial charge in [0.25, 0.3) is 0 Å². The van der Waals surface area contributed by atoms with E-state index in [1.165, 1.54) is 7.11 Å². The third-order valence-electron chi connectivity index (χ3n) is 4.03. The van der Waals surface area contributed by atoms with Crippen LogP contribution in [0.15, 0.2) is 30.3 Å². The van der Waals surface area contributed by atoms with Gasteiger partial charge in [-0.1, -0.05) is 30.3 Å². The number of carbonyl (C=O) groups is 1. The van der Waals surface area contributed by atoms with Crippen LogP contribution in [0.4, 0.5) is 0 Å². The van der Waals surface area contributed by atoms with E-state index in [0.29, 0.717) is 12.0 Å². The van der Waals surface area contributed by atoms with E-state index in [0.717, 1.165) is 19.1 Å². The molecule has 1 aromatic carbocycles. The van der Waals surface area contributed by atoms with Crippen molar-refractivity contribution in [3.05, 3.63) is 35.9 Å². The lowest BCUT2D eigenvalue weighted by Crippen LogP contribution is -2.40. The van der Waals surface area contributed by atoms with E-state index in [4.69, 9.17) is 14.2 Å². The lowest BCUT2D eigenvalue weighted by Gasteiger charge is -2.33. The zero-order chi connectivity index (χ0) is 17.7. The van der Waals surface area contributed by atoms with Crippen molar-refractivity contribution >= 4 is 15.8 Å². The van der Waals surface area contributed by atoms with Crippen LogP contribution in [0, 0.1) is 0 Å². The molecule has 0 bridgehead atoms. The summed E-state index contributed by atoms with van der Waals surface area (Å²) in [6.45, 7) is 1.95. The first-order valence-electron chi connectivity index (χ1n) is 7.95. The van der Waals surface area contributed by atoms with Gasteiger partial charge in [-0.15, -0.1) is 0 Å². The molecule has 7 heteroatoms. The highest BCUT2D eigenvalue weighted by atomic mass is 32.2. The SMILES string of the molecule is COC(=O)C([C@H](O[C@@H]1CCC[C@H](C)O1)c1ccccc1)S(C)(=O)=O. The maximum atomic E-state index is 12.2. The topological polar surface area (TPSA) is 78.9 Å². The number of ether oxygens (including phenoxy) is 3. The predicted octanol–water partition coefficient (Wildman–Crippen LogP) is 2.25. The molecule has 4 atom stereocenters. The van der Waals surface area contributed by atoms with Crippen LogP contribution in [-0.2, 0) is 28.8 Å². The zero-order valence-corrected chi connectivity index (χ0v) is 15.0. The minimum absolute atomic E-state index is 0.0370. The van der Waals surface area contributed by atoms with Crippen molar-refractivity contribution < 1.29 is 27.4 Å². The number of rotatable bonds is 6. The van der Waals surface area contributed by atoms with E-state index in [1.54, 1.807) is 24.3 Å². The van der Waals surface area contributed by atoms with Crippen molar-refractivity contribution in [1.29, 1.82) is 0 Å². The van der Waals surface area contributed by atoms with Crippen LogP contribution in [0.25, 0.3) is 0 Å². The Morgan fingerprint density at radius 2 is 1.92 bits per heavy atom. The molecule has 24 heavy (non-hydrogen) atoms. The van der Waals surface area contributed by atoms with Gasteiger partial charge in [-0.2, -0.15) is 0 Å². The molecule has 0 aliphatic carbocycles. The van der Waals surface area contributed by atoms with E-state index >= 15 is 0 Å². The Hall–Kier alpha value is -1.44. The van der Waals surface area contributed by atoms with Gasteiger partial charge in [0, 0.05) is 6.26 Å². The molecule has 134 valence electrons. The summed E-state index contributed by atoms with van der Waals surface area (Å²) in [5.74, 6) is -0.838. The van der Waals surface area contributed by atoms with Crippen LogP contribution in [-0.4, -0.2) is 45.4 Å². The van der Waals surface area contributed by atoms with E-state index in [2.05, 4.69) is 0 Å². The summed E-state index contributed by atoms with van der Waals surface area (Å²) in [4.78, 5) is 12.2. The van der Waals surface area contributed by atoms with Crippen molar-refractivity contribution in [3.8, 4) is 0 Å². The third kappa shape index (κ3) is 4.78. The molecule has 0 saturated carbocycles. The van der Waals surface area contributed by atoms with Crippen LogP contribution in [0.1, 0.15) is 37.9 Å². The standard InChI is InChI=1S/C17H24O6S/c1-12-8-7-11-14(22-12)23-15(13-9-5-4-6-10-13)16(17(18)21-2)24(3,19)20/h4-6,9-10,12,14-16H,7-8,11H2,1-3H3/t12-,14+,15+,16?/m0/s1. The van der Waals surface area contributed by atoms with Gasteiger partial charge in [0.05, 0.1) is 13.2 Å². The Morgan fingerprint density at radius 1 is 1.25 bits per heavy atom. The molecule has 1 heterocycles. The number of sulfone groups is 1. The Kier molecular flexibility index (Phi) is 6.37. The molecule has 1 unspecified atom stereocenters. The minimum atomic E-state index is -3.74. The summed E-state index contributed by atoms with van der Waals surface area (Å²) >= 11 is 0. The minimum Gasteiger partial charge on any atom is -0.468 e. The van der Waals surface area contributed by atoms with Crippen molar-refractivity contribution in [2.45, 2.75) is 49.9 Å². The Bertz CT molecular complexity index is 642. The molecule has 6 nitrogen and oxygen atoms in total. The number of carbonyl (C=O) groups excluding carboxylic acids is 1. The van der Waals surface area contributed by atoms with Crippen LogP contribution in [0.2, 0.25) is 0 Å². The van der Waals surface area contributed by atoms with Gasteiger partial charge in [0.15, 0.2) is 21.4 Å². The molecule has 0 N–H and O–H groups in total. The first-order chi connectivity index (χ1) is 11.3. The highest BCUT2D eigenvalue weighted by molar-refractivity contribution is 7.92. The quantitative estimate of drug-likeness (QED) is 0.728. The largest absolute Gasteiger partial charge is 0.468 e. The van der Waals surface area contributed by atoms with Crippen LogP contribution in [0.3, 0.4) is 0 Å². The summed E-state index contributed by atoms with van der Waals surface area (Å²) in [6, 6.07) is 8.82. The molecule has 1 aliphatic heterocycles. The molecule has 0 amide bonds. The van der Waals surface area contributed by atoms with Crippen LogP contribution >= 0.6 is 0 Å². The van der Waals surface area contributed by atoms with Gasteiger partial charge in [0.2, 0.25) is 0 Å². The highest BCUT2D eigenvalue weighted by Crippen LogP contribution is 2.31. The number of esters is 1. The zero-order valence-electron chi connectivity index (χ0n) is 14.2. The van der Waals surface area contributed by atoms with Crippen molar-refractivity contribution in [2.24, 2.45) is 0 Å². The van der Waals surface area contributed by atoms with Crippen molar-refractivity contribution in [1.82, 2.24) is 0 Å². The number of benzene rings is 1. The maximum Gasteiger partial charge on any atom is 0.327 e. The van der Waals surface area contributed by atoms with E-state index in [9.17, 15) is 13.2 Å². The van der Waals surface area contributed by atoms with Gasteiger partial charge in [-0.3, -0.25) is 4.79 Å². The molecule has 2 rings (SSSR count). The monoisotopic (exact) mass is 356 g/mol. The first kappa shape index (κ1) is 18.9. The van der Waals surface area contributed by atoms with Crippen LogP contribution < -0.4 is 0 Å². The molecule has 1 aliphatic rings. The summed E-state index contributed by atoms with van der Waals surface area (Å²) in [5, 5.41) is -1.44. The summed E-state index contributed by atoms with van der Waals surface area (Å²) in [6.07, 6.45) is 2.04. The molecular weight excluding hydrogens is 332 g/mol. The average molecular weight is 356 g/mol. The molecule has 0 aromatic heterocycles. The fourth-order valence-electron chi connectivity index (χ4n) is 2.84. The van der Waals surface area contributed by atoms with Crippen molar-refractivity contribution in [3.63, 3.8) is 0 Å². The van der Waals surface area contributed by atoms with E-state index in [1.807, 2.05) is 13.0 Å². The highest BCUT2D eigenvalue weighted by Gasteiger charge is 2.41. The third-order valence-corrected chi connectivity index (χ3v) is 5.39. The van der Waals surface area contributed by atoms with Gasteiger partial charge < -0.3 is 14.2 Å². The Balaban J connectivity index is 2.36. The smallest absolute Gasteiger partial charge is 0.327 e. The Morgan fingerprint density at radius 3 is 2.46 bits per heavy atom. The molecule has 0 spiro atoms. The maximum absolute atomic E-state index is 12.2. The van der Waals surface area contributed by atoms with Crippen molar-refractivity contribution in [2.75, 3.05) is 13.4 Å². The Labute approximate surface area is 143 Å². The average Bonchev–Trinajstić information content (AvgIpc) is 2.53. The second kappa shape index (κ2) is 8.09. The number of methoxy groups -OCH3 is 1. The summed E-state index contributed by atoms with van der Waals surface area (Å²) < 4.78 is 40.9. The number of hydrogen-bond donors (Lipinski definition) is 0. The molecule has 1 fully saturated rings. The molecule has 1 aromatic rings. The van der Waals surface area contributed by atoms with E-state index < -0.39 is 33.5 Å².